The zero-order chi connectivity index (χ0) is 14.7. The van der Waals surface area contributed by atoms with Crippen LogP contribution < -0.4 is 5.32 Å². The van der Waals surface area contributed by atoms with Crippen LogP contribution in [0.3, 0.4) is 0 Å². The van der Waals surface area contributed by atoms with E-state index in [1.54, 1.807) is 11.3 Å². The van der Waals surface area contributed by atoms with Crippen molar-refractivity contribution < 1.29 is 4.79 Å². The average Bonchev–Trinajstić information content (AvgIpc) is 3.20. The van der Waals surface area contributed by atoms with Gasteiger partial charge in [0.1, 0.15) is 5.01 Å². The van der Waals surface area contributed by atoms with E-state index in [0.29, 0.717) is 5.01 Å². The number of aromatic nitrogens is 2. The molecule has 0 saturated carbocycles. The lowest BCUT2D eigenvalue weighted by Gasteiger charge is -2.10. The van der Waals surface area contributed by atoms with Gasteiger partial charge in [0.05, 0.1) is 6.04 Å². The highest BCUT2D eigenvalue weighted by atomic mass is 32.1. The smallest absolute Gasteiger partial charge is 0.282 e. The van der Waals surface area contributed by atoms with Crippen molar-refractivity contribution in [2.75, 3.05) is 0 Å². The van der Waals surface area contributed by atoms with E-state index < -0.39 is 0 Å². The lowest BCUT2D eigenvalue weighted by molar-refractivity contribution is 0.0939. The summed E-state index contributed by atoms with van der Waals surface area (Å²) in [6, 6.07) is 13.7. The topological polar surface area (TPSA) is 54.9 Å². The van der Waals surface area contributed by atoms with Crippen LogP contribution in [0.15, 0.2) is 47.8 Å². The lowest BCUT2D eigenvalue weighted by Crippen LogP contribution is -2.25. The average molecular weight is 315 g/mol. The Morgan fingerprint density at radius 3 is 2.67 bits per heavy atom. The Hall–Kier alpha value is -2.05. The normalized spacial score (nSPS) is 12.0. The fourth-order valence-electron chi connectivity index (χ4n) is 1.88. The molecule has 3 rings (SSSR count). The van der Waals surface area contributed by atoms with E-state index in [9.17, 15) is 4.79 Å². The molecule has 0 radical (unpaired) electrons. The number of carbonyl (C=O) groups excluding carboxylic acids is 1. The van der Waals surface area contributed by atoms with Crippen molar-refractivity contribution in [2.24, 2.45) is 0 Å². The molecule has 1 N–H and O–H groups in total. The summed E-state index contributed by atoms with van der Waals surface area (Å²) < 4.78 is 0. The molecule has 2 aromatic heterocycles. The molecule has 1 aromatic carbocycles. The standard InChI is InChI=1S/C15H13N3OS2/c1-10(12-8-5-9-20-12)16-13(19)15-18-17-14(21-15)11-6-3-2-4-7-11/h2-10H,1H3,(H,16,19)/t10-/m0/s1. The number of hydrogen-bond donors (Lipinski definition) is 1. The molecule has 1 amide bonds. The summed E-state index contributed by atoms with van der Waals surface area (Å²) in [5.74, 6) is -0.185. The monoisotopic (exact) mass is 315 g/mol. The summed E-state index contributed by atoms with van der Waals surface area (Å²) in [6.45, 7) is 1.96. The second-order valence-electron chi connectivity index (χ2n) is 4.49. The van der Waals surface area contributed by atoms with E-state index in [2.05, 4.69) is 15.5 Å². The summed E-state index contributed by atoms with van der Waals surface area (Å²) in [6.07, 6.45) is 0. The van der Waals surface area contributed by atoms with E-state index in [0.717, 1.165) is 15.4 Å². The Kier molecular flexibility index (Phi) is 4.08. The van der Waals surface area contributed by atoms with Crippen molar-refractivity contribution in [1.82, 2.24) is 15.5 Å². The van der Waals surface area contributed by atoms with Crippen LogP contribution in [0, 0.1) is 0 Å². The van der Waals surface area contributed by atoms with Gasteiger partial charge in [-0.1, -0.05) is 47.7 Å². The molecule has 2 heterocycles. The molecule has 0 aliphatic rings. The first-order chi connectivity index (χ1) is 10.2. The first kappa shape index (κ1) is 13.9. The minimum atomic E-state index is -0.185. The number of carbonyl (C=O) groups is 1. The van der Waals surface area contributed by atoms with Gasteiger partial charge < -0.3 is 5.32 Å². The molecule has 1 atom stereocenters. The highest BCUT2D eigenvalue weighted by Gasteiger charge is 2.17. The van der Waals surface area contributed by atoms with Gasteiger partial charge in [0, 0.05) is 10.4 Å². The SMILES string of the molecule is C[C@H](NC(=O)c1nnc(-c2ccccc2)s1)c1cccs1. The van der Waals surface area contributed by atoms with Gasteiger partial charge >= 0.3 is 0 Å². The highest BCUT2D eigenvalue weighted by molar-refractivity contribution is 7.16. The van der Waals surface area contributed by atoms with Crippen molar-refractivity contribution in [1.29, 1.82) is 0 Å². The third-order valence-electron chi connectivity index (χ3n) is 2.96. The summed E-state index contributed by atoms with van der Waals surface area (Å²) in [4.78, 5) is 13.3. The molecule has 6 heteroatoms. The van der Waals surface area contributed by atoms with Crippen LogP contribution in [-0.2, 0) is 0 Å². The Morgan fingerprint density at radius 1 is 1.14 bits per heavy atom. The van der Waals surface area contributed by atoms with E-state index >= 15 is 0 Å². The Bertz CT molecular complexity index is 722. The molecule has 4 nitrogen and oxygen atoms in total. The van der Waals surface area contributed by atoms with Crippen molar-refractivity contribution in [3.63, 3.8) is 0 Å². The van der Waals surface area contributed by atoms with Crippen LogP contribution in [0.25, 0.3) is 10.6 Å². The molecule has 0 unspecified atom stereocenters. The van der Waals surface area contributed by atoms with E-state index in [-0.39, 0.29) is 11.9 Å². The largest absolute Gasteiger partial charge is 0.343 e. The fourth-order valence-corrected chi connectivity index (χ4v) is 3.37. The molecule has 0 aliphatic carbocycles. The zero-order valence-corrected chi connectivity index (χ0v) is 12.9. The number of benzene rings is 1. The second-order valence-corrected chi connectivity index (χ2v) is 6.45. The molecule has 0 aliphatic heterocycles. The third-order valence-corrected chi connectivity index (χ3v) is 4.98. The molecule has 0 bridgehead atoms. The maximum atomic E-state index is 12.2. The summed E-state index contributed by atoms with van der Waals surface area (Å²) in [5.41, 5.74) is 0.973. The molecule has 3 aromatic rings. The second kappa shape index (κ2) is 6.15. The lowest BCUT2D eigenvalue weighted by atomic mass is 10.2. The molecule has 0 fully saturated rings. The van der Waals surface area contributed by atoms with Crippen LogP contribution >= 0.6 is 22.7 Å². The van der Waals surface area contributed by atoms with Crippen LogP contribution in [0.1, 0.15) is 27.6 Å². The highest BCUT2D eigenvalue weighted by Crippen LogP contribution is 2.24. The molecule has 0 spiro atoms. The van der Waals surface area contributed by atoms with Crippen LogP contribution in [0.4, 0.5) is 0 Å². The number of thiophene rings is 1. The predicted molar refractivity (Wildman–Crippen MR) is 85.5 cm³/mol. The van der Waals surface area contributed by atoms with Gasteiger partial charge in [0.2, 0.25) is 5.01 Å². The van der Waals surface area contributed by atoms with Crippen molar-refractivity contribution in [3.8, 4) is 10.6 Å². The Labute approximate surface area is 130 Å². The maximum absolute atomic E-state index is 12.2. The van der Waals surface area contributed by atoms with Gasteiger partial charge in [-0.15, -0.1) is 21.5 Å². The van der Waals surface area contributed by atoms with Crippen LogP contribution in [0.5, 0.6) is 0 Å². The van der Waals surface area contributed by atoms with E-state index in [4.69, 9.17) is 0 Å². The van der Waals surface area contributed by atoms with Gasteiger partial charge in [-0.05, 0) is 18.4 Å². The molecule has 0 saturated heterocycles. The summed E-state index contributed by atoms with van der Waals surface area (Å²) in [5, 5.41) is 14.2. The maximum Gasteiger partial charge on any atom is 0.282 e. The van der Waals surface area contributed by atoms with Gasteiger partial charge in [-0.2, -0.15) is 0 Å². The molecule has 106 valence electrons. The van der Waals surface area contributed by atoms with Gasteiger partial charge in [-0.3, -0.25) is 4.79 Å². The first-order valence-electron chi connectivity index (χ1n) is 6.47. The fraction of sp³-hybridized carbons (Fsp3) is 0.133. The Balaban J connectivity index is 1.73. The zero-order valence-electron chi connectivity index (χ0n) is 11.3. The van der Waals surface area contributed by atoms with Gasteiger partial charge in [-0.25, -0.2) is 0 Å². The minimum Gasteiger partial charge on any atom is -0.343 e. The predicted octanol–water partition coefficient (Wildman–Crippen LogP) is 3.76. The summed E-state index contributed by atoms with van der Waals surface area (Å²) >= 11 is 2.93. The molecular weight excluding hydrogens is 302 g/mol. The number of nitrogens with one attached hydrogen (secondary N) is 1. The van der Waals surface area contributed by atoms with Gasteiger partial charge in [0.25, 0.3) is 5.91 Å². The number of rotatable bonds is 4. The van der Waals surface area contributed by atoms with Gasteiger partial charge in [0.15, 0.2) is 0 Å². The molecule has 21 heavy (non-hydrogen) atoms. The third kappa shape index (κ3) is 3.17. The van der Waals surface area contributed by atoms with E-state index in [1.807, 2.05) is 54.8 Å². The number of nitrogens with zero attached hydrogens (tertiary/aromatic N) is 2. The van der Waals surface area contributed by atoms with Crippen LogP contribution in [-0.4, -0.2) is 16.1 Å². The quantitative estimate of drug-likeness (QED) is 0.797. The summed E-state index contributed by atoms with van der Waals surface area (Å²) in [7, 11) is 0. The van der Waals surface area contributed by atoms with Crippen LogP contribution in [0.2, 0.25) is 0 Å². The molecular formula is C15H13N3OS2. The van der Waals surface area contributed by atoms with E-state index in [1.165, 1.54) is 11.3 Å². The Morgan fingerprint density at radius 2 is 1.95 bits per heavy atom. The van der Waals surface area contributed by atoms with Crippen molar-refractivity contribution in [2.45, 2.75) is 13.0 Å². The minimum absolute atomic E-state index is 0.0263. The first-order valence-corrected chi connectivity index (χ1v) is 8.17. The number of amides is 1. The number of hydrogen-bond acceptors (Lipinski definition) is 5. The van der Waals surface area contributed by atoms with Crippen molar-refractivity contribution >= 4 is 28.6 Å². The van der Waals surface area contributed by atoms with Crippen molar-refractivity contribution in [3.05, 3.63) is 57.7 Å².